The van der Waals surface area contributed by atoms with Gasteiger partial charge in [0.05, 0.1) is 6.04 Å². The maximum atomic E-state index is 3.66. The molecular formula is C18H21Br2N. The molecule has 21 heavy (non-hydrogen) atoms. The Kier molecular flexibility index (Phi) is 6.03. The predicted molar refractivity (Wildman–Crippen MR) is 97.9 cm³/mol. The van der Waals surface area contributed by atoms with Gasteiger partial charge in [0.25, 0.3) is 0 Å². The summed E-state index contributed by atoms with van der Waals surface area (Å²) in [5.74, 6) is 0.617. The van der Waals surface area contributed by atoms with E-state index in [1.54, 1.807) is 0 Å². The van der Waals surface area contributed by atoms with Crippen LogP contribution in [-0.4, -0.2) is 7.05 Å². The topological polar surface area (TPSA) is 12.0 Å². The van der Waals surface area contributed by atoms with Gasteiger partial charge in [0.15, 0.2) is 0 Å². The van der Waals surface area contributed by atoms with E-state index in [1.807, 2.05) is 7.05 Å². The molecule has 0 saturated carbocycles. The monoisotopic (exact) mass is 409 g/mol. The molecule has 2 atom stereocenters. The van der Waals surface area contributed by atoms with Crippen molar-refractivity contribution in [2.24, 2.45) is 0 Å². The molecule has 0 aliphatic rings. The fourth-order valence-electron chi connectivity index (χ4n) is 2.49. The van der Waals surface area contributed by atoms with Gasteiger partial charge < -0.3 is 5.32 Å². The van der Waals surface area contributed by atoms with Crippen molar-refractivity contribution in [3.05, 3.63) is 68.1 Å². The van der Waals surface area contributed by atoms with Crippen LogP contribution in [0, 0.1) is 0 Å². The van der Waals surface area contributed by atoms with Crippen molar-refractivity contribution >= 4 is 31.9 Å². The van der Waals surface area contributed by atoms with E-state index in [1.165, 1.54) is 23.1 Å². The SMILES string of the molecule is CCC(C)c1ccc(C(NC)c2ccc(Br)cc2Br)cc1. The van der Waals surface area contributed by atoms with Crippen LogP contribution in [0.2, 0.25) is 0 Å². The van der Waals surface area contributed by atoms with Crippen LogP contribution in [0.25, 0.3) is 0 Å². The molecule has 2 aromatic rings. The second kappa shape index (κ2) is 7.57. The van der Waals surface area contributed by atoms with Crippen molar-refractivity contribution in [3.63, 3.8) is 0 Å². The molecular weight excluding hydrogens is 390 g/mol. The molecule has 2 unspecified atom stereocenters. The minimum Gasteiger partial charge on any atom is -0.309 e. The summed E-state index contributed by atoms with van der Waals surface area (Å²) in [4.78, 5) is 0. The normalized spacial score (nSPS) is 14.0. The molecule has 0 aromatic heterocycles. The molecule has 112 valence electrons. The summed E-state index contributed by atoms with van der Waals surface area (Å²) in [5.41, 5.74) is 3.94. The smallest absolute Gasteiger partial charge is 0.0585 e. The molecule has 0 aliphatic heterocycles. The molecule has 0 spiro atoms. The standard InChI is InChI=1S/C18H21Br2N/c1-4-12(2)13-5-7-14(8-6-13)18(21-3)16-10-9-15(19)11-17(16)20/h5-12,18,21H,4H2,1-3H3. The van der Waals surface area contributed by atoms with Gasteiger partial charge in [0, 0.05) is 8.95 Å². The molecule has 2 rings (SSSR count). The third-order valence-electron chi connectivity index (χ3n) is 4.01. The molecule has 1 nitrogen and oxygen atoms in total. The molecule has 0 radical (unpaired) electrons. The van der Waals surface area contributed by atoms with E-state index in [0.717, 1.165) is 8.95 Å². The maximum absolute atomic E-state index is 3.66. The summed E-state index contributed by atoms with van der Waals surface area (Å²) in [7, 11) is 2.00. The average Bonchev–Trinajstić information content (AvgIpc) is 2.50. The van der Waals surface area contributed by atoms with Crippen molar-refractivity contribution in [1.29, 1.82) is 0 Å². The minimum absolute atomic E-state index is 0.193. The first-order valence-corrected chi connectivity index (χ1v) is 8.87. The number of hydrogen-bond donors (Lipinski definition) is 1. The van der Waals surface area contributed by atoms with Crippen LogP contribution < -0.4 is 5.32 Å². The van der Waals surface area contributed by atoms with Gasteiger partial charge in [-0.3, -0.25) is 0 Å². The van der Waals surface area contributed by atoms with Gasteiger partial charge in [-0.2, -0.15) is 0 Å². The first-order valence-electron chi connectivity index (χ1n) is 7.28. The zero-order valence-electron chi connectivity index (χ0n) is 12.7. The van der Waals surface area contributed by atoms with Crippen molar-refractivity contribution in [3.8, 4) is 0 Å². The van der Waals surface area contributed by atoms with Gasteiger partial charge >= 0.3 is 0 Å². The Morgan fingerprint density at radius 2 is 1.62 bits per heavy atom. The Labute approximate surface area is 144 Å². The Balaban J connectivity index is 2.33. The maximum Gasteiger partial charge on any atom is 0.0585 e. The second-order valence-electron chi connectivity index (χ2n) is 5.36. The van der Waals surface area contributed by atoms with Crippen LogP contribution in [-0.2, 0) is 0 Å². The lowest BCUT2D eigenvalue weighted by Gasteiger charge is -2.20. The van der Waals surface area contributed by atoms with E-state index in [2.05, 4.69) is 93.5 Å². The molecule has 0 heterocycles. The zero-order valence-corrected chi connectivity index (χ0v) is 15.8. The fourth-order valence-corrected chi connectivity index (χ4v) is 3.77. The van der Waals surface area contributed by atoms with Crippen LogP contribution >= 0.6 is 31.9 Å². The highest BCUT2D eigenvalue weighted by atomic mass is 79.9. The van der Waals surface area contributed by atoms with E-state index in [4.69, 9.17) is 0 Å². The molecule has 0 amide bonds. The predicted octanol–water partition coefficient (Wildman–Crippen LogP) is 6.03. The number of hydrogen-bond acceptors (Lipinski definition) is 1. The lowest BCUT2D eigenvalue weighted by Crippen LogP contribution is -2.18. The van der Waals surface area contributed by atoms with Crippen LogP contribution in [0.4, 0.5) is 0 Å². The van der Waals surface area contributed by atoms with E-state index in [9.17, 15) is 0 Å². The number of rotatable bonds is 5. The quantitative estimate of drug-likeness (QED) is 0.633. The molecule has 0 fully saturated rings. The molecule has 1 N–H and O–H groups in total. The van der Waals surface area contributed by atoms with Crippen LogP contribution in [0.3, 0.4) is 0 Å². The van der Waals surface area contributed by atoms with Gasteiger partial charge in [-0.05, 0) is 48.2 Å². The molecule has 3 heteroatoms. The van der Waals surface area contributed by atoms with Gasteiger partial charge in [0.2, 0.25) is 0 Å². The Morgan fingerprint density at radius 3 is 2.14 bits per heavy atom. The highest BCUT2D eigenvalue weighted by Gasteiger charge is 2.15. The molecule has 2 aromatic carbocycles. The summed E-state index contributed by atoms with van der Waals surface area (Å²) in [5, 5.41) is 3.41. The molecule has 0 saturated heterocycles. The van der Waals surface area contributed by atoms with Crippen molar-refractivity contribution in [2.75, 3.05) is 7.05 Å². The second-order valence-corrected chi connectivity index (χ2v) is 7.13. The number of benzene rings is 2. The molecule has 0 bridgehead atoms. The Bertz CT molecular complexity index is 593. The van der Waals surface area contributed by atoms with E-state index in [0.29, 0.717) is 5.92 Å². The van der Waals surface area contributed by atoms with E-state index in [-0.39, 0.29) is 6.04 Å². The van der Waals surface area contributed by atoms with E-state index >= 15 is 0 Å². The summed E-state index contributed by atoms with van der Waals surface area (Å²) >= 11 is 7.17. The van der Waals surface area contributed by atoms with Crippen molar-refractivity contribution in [1.82, 2.24) is 5.32 Å². The third-order valence-corrected chi connectivity index (χ3v) is 5.19. The minimum atomic E-state index is 0.193. The lowest BCUT2D eigenvalue weighted by atomic mass is 9.94. The van der Waals surface area contributed by atoms with Gasteiger partial charge in [-0.1, -0.05) is 76.0 Å². The zero-order chi connectivity index (χ0) is 15.4. The Hall–Kier alpha value is -0.640. The Morgan fingerprint density at radius 1 is 1.00 bits per heavy atom. The first-order chi connectivity index (χ1) is 10.1. The van der Waals surface area contributed by atoms with Crippen molar-refractivity contribution < 1.29 is 0 Å². The number of halogens is 2. The van der Waals surface area contributed by atoms with Crippen LogP contribution in [0.15, 0.2) is 51.4 Å². The first kappa shape index (κ1) is 16.7. The average molecular weight is 411 g/mol. The van der Waals surface area contributed by atoms with Crippen LogP contribution in [0.5, 0.6) is 0 Å². The van der Waals surface area contributed by atoms with Gasteiger partial charge in [-0.25, -0.2) is 0 Å². The van der Waals surface area contributed by atoms with Crippen molar-refractivity contribution in [2.45, 2.75) is 32.2 Å². The van der Waals surface area contributed by atoms with Crippen LogP contribution in [0.1, 0.15) is 48.9 Å². The summed E-state index contributed by atoms with van der Waals surface area (Å²) in [6, 6.07) is 15.5. The highest BCUT2D eigenvalue weighted by molar-refractivity contribution is 9.11. The summed E-state index contributed by atoms with van der Waals surface area (Å²) in [6.45, 7) is 4.50. The van der Waals surface area contributed by atoms with Gasteiger partial charge in [-0.15, -0.1) is 0 Å². The third kappa shape index (κ3) is 3.97. The van der Waals surface area contributed by atoms with E-state index < -0.39 is 0 Å². The number of nitrogens with one attached hydrogen (secondary N) is 1. The summed E-state index contributed by atoms with van der Waals surface area (Å²) in [6.07, 6.45) is 1.17. The van der Waals surface area contributed by atoms with Gasteiger partial charge in [0.1, 0.15) is 0 Å². The molecule has 0 aliphatic carbocycles. The summed E-state index contributed by atoms with van der Waals surface area (Å²) < 4.78 is 2.20. The lowest BCUT2D eigenvalue weighted by molar-refractivity contribution is 0.685. The fraction of sp³-hybridized carbons (Fsp3) is 0.333. The largest absolute Gasteiger partial charge is 0.309 e. The highest BCUT2D eigenvalue weighted by Crippen LogP contribution is 2.31.